The molecule has 0 bridgehead atoms. The summed E-state index contributed by atoms with van der Waals surface area (Å²) in [5, 5.41) is 3.04. The van der Waals surface area contributed by atoms with E-state index >= 15 is 0 Å². The van der Waals surface area contributed by atoms with E-state index in [-0.39, 0.29) is 17.9 Å². The molecule has 2 unspecified atom stereocenters. The average molecular weight is 297 g/mol. The molecule has 2 rings (SSSR count). The van der Waals surface area contributed by atoms with Gasteiger partial charge in [-0.05, 0) is 50.6 Å². The second-order valence-electron chi connectivity index (χ2n) is 6.69. The number of likely N-dealkylation sites (tertiary alicyclic amines) is 1. The van der Waals surface area contributed by atoms with E-state index in [9.17, 15) is 4.79 Å². The number of ether oxygens (including phenoxy) is 1. The van der Waals surface area contributed by atoms with E-state index in [4.69, 9.17) is 10.5 Å². The fourth-order valence-corrected chi connectivity index (χ4v) is 3.33. The van der Waals surface area contributed by atoms with Crippen LogP contribution in [0.5, 0.6) is 0 Å². The topological polar surface area (TPSA) is 67.6 Å². The van der Waals surface area contributed by atoms with Crippen LogP contribution in [0.25, 0.3) is 0 Å². The molecule has 0 radical (unpaired) electrons. The van der Waals surface area contributed by atoms with E-state index in [0.717, 1.165) is 39.1 Å². The molecule has 0 saturated carbocycles. The SMILES string of the molecule is CC(CNC(=O)C(N)C1CCOCC1)CN1CCCCC1. The summed E-state index contributed by atoms with van der Waals surface area (Å²) in [6.07, 6.45) is 5.79. The van der Waals surface area contributed by atoms with Gasteiger partial charge in [-0.25, -0.2) is 0 Å². The molecule has 0 spiro atoms. The quantitative estimate of drug-likeness (QED) is 0.767. The van der Waals surface area contributed by atoms with Gasteiger partial charge in [0.1, 0.15) is 0 Å². The number of carbonyl (C=O) groups is 1. The van der Waals surface area contributed by atoms with Crippen molar-refractivity contribution in [1.82, 2.24) is 10.2 Å². The van der Waals surface area contributed by atoms with Gasteiger partial charge in [0.05, 0.1) is 6.04 Å². The Bertz CT molecular complexity index is 313. The minimum atomic E-state index is -0.379. The van der Waals surface area contributed by atoms with Gasteiger partial charge in [0, 0.05) is 26.3 Å². The third kappa shape index (κ3) is 5.57. The maximum absolute atomic E-state index is 12.1. The largest absolute Gasteiger partial charge is 0.381 e. The van der Waals surface area contributed by atoms with Crippen molar-refractivity contribution in [3.8, 4) is 0 Å². The zero-order chi connectivity index (χ0) is 15.1. The zero-order valence-electron chi connectivity index (χ0n) is 13.4. The molecule has 2 saturated heterocycles. The van der Waals surface area contributed by atoms with Crippen molar-refractivity contribution in [1.29, 1.82) is 0 Å². The van der Waals surface area contributed by atoms with Gasteiger partial charge in [-0.15, -0.1) is 0 Å². The minimum absolute atomic E-state index is 0.00685. The normalized spacial score (nSPS) is 24.5. The first-order chi connectivity index (χ1) is 10.2. The Labute approximate surface area is 128 Å². The lowest BCUT2D eigenvalue weighted by Gasteiger charge is -2.30. The maximum atomic E-state index is 12.1. The van der Waals surface area contributed by atoms with E-state index < -0.39 is 0 Å². The summed E-state index contributed by atoms with van der Waals surface area (Å²) in [4.78, 5) is 14.7. The monoisotopic (exact) mass is 297 g/mol. The smallest absolute Gasteiger partial charge is 0.237 e. The molecule has 0 aromatic heterocycles. The highest BCUT2D eigenvalue weighted by Gasteiger charge is 2.26. The lowest BCUT2D eigenvalue weighted by Crippen LogP contribution is -2.48. The van der Waals surface area contributed by atoms with Gasteiger partial charge in [0.15, 0.2) is 0 Å². The Morgan fingerprint density at radius 1 is 1.29 bits per heavy atom. The van der Waals surface area contributed by atoms with Crippen molar-refractivity contribution < 1.29 is 9.53 Å². The number of amides is 1. The number of carbonyl (C=O) groups excluding carboxylic acids is 1. The van der Waals surface area contributed by atoms with Crippen molar-refractivity contribution in [3.05, 3.63) is 0 Å². The first-order valence-corrected chi connectivity index (χ1v) is 8.50. The molecule has 0 aliphatic carbocycles. The van der Waals surface area contributed by atoms with E-state index in [1.807, 2.05) is 0 Å². The first kappa shape index (κ1) is 16.7. The van der Waals surface area contributed by atoms with Gasteiger partial charge in [-0.1, -0.05) is 13.3 Å². The number of nitrogens with one attached hydrogen (secondary N) is 1. The number of nitrogens with zero attached hydrogens (tertiary/aromatic N) is 1. The van der Waals surface area contributed by atoms with Crippen LogP contribution in [0.1, 0.15) is 39.0 Å². The number of hydrogen-bond acceptors (Lipinski definition) is 4. The third-order valence-corrected chi connectivity index (χ3v) is 4.72. The molecule has 5 heteroatoms. The molecule has 2 aliphatic rings. The number of hydrogen-bond donors (Lipinski definition) is 2. The molecular weight excluding hydrogens is 266 g/mol. The highest BCUT2D eigenvalue weighted by Crippen LogP contribution is 2.17. The number of piperidine rings is 1. The van der Waals surface area contributed by atoms with Crippen molar-refractivity contribution >= 4 is 5.91 Å². The fraction of sp³-hybridized carbons (Fsp3) is 0.938. The van der Waals surface area contributed by atoms with Gasteiger partial charge in [-0.2, -0.15) is 0 Å². The van der Waals surface area contributed by atoms with Crippen LogP contribution in [0.3, 0.4) is 0 Å². The minimum Gasteiger partial charge on any atom is -0.381 e. The summed E-state index contributed by atoms with van der Waals surface area (Å²) in [5.41, 5.74) is 6.08. The van der Waals surface area contributed by atoms with Crippen molar-refractivity contribution in [2.24, 2.45) is 17.6 Å². The summed E-state index contributed by atoms with van der Waals surface area (Å²) >= 11 is 0. The molecule has 2 heterocycles. The van der Waals surface area contributed by atoms with Crippen molar-refractivity contribution in [3.63, 3.8) is 0 Å². The van der Waals surface area contributed by atoms with E-state index in [1.54, 1.807) is 0 Å². The number of nitrogens with two attached hydrogens (primary N) is 1. The Morgan fingerprint density at radius 2 is 1.95 bits per heavy atom. The second-order valence-corrected chi connectivity index (χ2v) is 6.69. The molecule has 2 atom stereocenters. The predicted octanol–water partition coefficient (Wildman–Crippen LogP) is 0.979. The van der Waals surface area contributed by atoms with Gasteiger partial charge in [0.25, 0.3) is 0 Å². The van der Waals surface area contributed by atoms with Gasteiger partial charge >= 0.3 is 0 Å². The maximum Gasteiger partial charge on any atom is 0.237 e. The highest BCUT2D eigenvalue weighted by molar-refractivity contribution is 5.81. The van der Waals surface area contributed by atoms with Gasteiger partial charge in [-0.3, -0.25) is 4.79 Å². The molecule has 0 aromatic carbocycles. The van der Waals surface area contributed by atoms with Crippen LogP contribution in [0, 0.1) is 11.8 Å². The molecule has 21 heavy (non-hydrogen) atoms. The average Bonchev–Trinajstić information content (AvgIpc) is 2.53. The Kier molecular flexibility index (Phi) is 6.93. The van der Waals surface area contributed by atoms with Crippen LogP contribution < -0.4 is 11.1 Å². The fourth-order valence-electron chi connectivity index (χ4n) is 3.33. The third-order valence-electron chi connectivity index (χ3n) is 4.72. The Balaban J connectivity index is 1.64. The second kappa shape index (κ2) is 8.71. The molecular formula is C16H31N3O2. The van der Waals surface area contributed by atoms with E-state index in [2.05, 4.69) is 17.1 Å². The molecule has 122 valence electrons. The van der Waals surface area contributed by atoms with Crippen LogP contribution >= 0.6 is 0 Å². The van der Waals surface area contributed by atoms with E-state index in [1.165, 1.54) is 32.4 Å². The Hall–Kier alpha value is -0.650. The van der Waals surface area contributed by atoms with Gasteiger partial charge in [0.2, 0.25) is 5.91 Å². The summed E-state index contributed by atoms with van der Waals surface area (Å²) in [6, 6.07) is -0.379. The lowest BCUT2D eigenvalue weighted by molar-refractivity contribution is -0.124. The molecule has 5 nitrogen and oxygen atoms in total. The highest BCUT2D eigenvalue weighted by atomic mass is 16.5. The first-order valence-electron chi connectivity index (χ1n) is 8.50. The van der Waals surface area contributed by atoms with E-state index in [0.29, 0.717) is 5.92 Å². The summed E-state index contributed by atoms with van der Waals surface area (Å²) in [7, 11) is 0. The van der Waals surface area contributed by atoms with Crippen molar-refractivity contribution in [2.75, 3.05) is 39.4 Å². The van der Waals surface area contributed by atoms with Crippen LogP contribution in [-0.4, -0.2) is 56.2 Å². The predicted molar refractivity (Wildman–Crippen MR) is 84.0 cm³/mol. The molecule has 3 N–H and O–H groups in total. The molecule has 0 aromatic rings. The molecule has 2 fully saturated rings. The molecule has 2 aliphatic heterocycles. The molecule has 1 amide bonds. The van der Waals surface area contributed by atoms with Crippen LogP contribution in [0.4, 0.5) is 0 Å². The lowest BCUT2D eigenvalue weighted by atomic mass is 9.92. The number of rotatable bonds is 6. The standard InChI is InChI=1S/C16H31N3O2/c1-13(12-19-7-3-2-4-8-19)11-18-16(20)15(17)14-5-9-21-10-6-14/h13-15H,2-12,17H2,1H3,(H,18,20). The van der Waals surface area contributed by atoms with Gasteiger partial charge < -0.3 is 20.7 Å². The van der Waals surface area contributed by atoms with Crippen molar-refractivity contribution in [2.45, 2.75) is 45.1 Å². The van der Waals surface area contributed by atoms with Crippen LogP contribution in [0.2, 0.25) is 0 Å². The summed E-state index contributed by atoms with van der Waals surface area (Å²) < 4.78 is 5.32. The summed E-state index contributed by atoms with van der Waals surface area (Å²) in [6.45, 7) is 7.89. The Morgan fingerprint density at radius 3 is 2.62 bits per heavy atom. The van der Waals surface area contributed by atoms with Crippen LogP contribution in [0.15, 0.2) is 0 Å². The summed E-state index contributed by atoms with van der Waals surface area (Å²) in [5.74, 6) is 0.762. The zero-order valence-corrected chi connectivity index (χ0v) is 13.4. The van der Waals surface area contributed by atoms with Crippen LogP contribution in [-0.2, 0) is 9.53 Å².